The zero-order valence-corrected chi connectivity index (χ0v) is 83.5. The van der Waals surface area contributed by atoms with Gasteiger partial charge in [0, 0.05) is 119 Å². The number of rotatable bonds is 21. The van der Waals surface area contributed by atoms with E-state index in [0.717, 1.165) is 42.3 Å². The Morgan fingerprint density at radius 1 is 0.604 bits per heavy atom. The number of benzene rings is 4. The fourth-order valence-electron chi connectivity index (χ4n) is 18.2. The maximum atomic E-state index is 16.7. The van der Waals surface area contributed by atoms with Crippen LogP contribution in [0.4, 0.5) is 4.39 Å². The smallest absolute Gasteiger partial charge is 0.508 e. The van der Waals surface area contributed by atoms with Gasteiger partial charge in [-0.05, 0) is 123 Å². The van der Waals surface area contributed by atoms with Crippen LogP contribution in [0.1, 0.15) is 154 Å². The Morgan fingerprint density at radius 3 is 1.89 bits per heavy atom. The maximum absolute atomic E-state index is 16.7. The van der Waals surface area contributed by atoms with Crippen molar-refractivity contribution in [2.24, 2.45) is 29.0 Å². The van der Waals surface area contributed by atoms with Gasteiger partial charge in [0.25, 0.3) is 0 Å². The van der Waals surface area contributed by atoms with Gasteiger partial charge < -0.3 is 130 Å². The van der Waals surface area contributed by atoms with Crippen molar-refractivity contribution in [3.05, 3.63) is 131 Å². The third-order valence-electron chi connectivity index (χ3n) is 26.1. The van der Waals surface area contributed by atoms with E-state index in [2.05, 4.69) is 63.5 Å². The zero-order valence-electron chi connectivity index (χ0n) is 82.7. The van der Waals surface area contributed by atoms with E-state index < -0.39 is 279 Å². The average molecular weight is 2020 g/mol. The van der Waals surface area contributed by atoms with E-state index in [1.807, 2.05) is 13.8 Å². The van der Waals surface area contributed by atoms with E-state index in [-0.39, 0.29) is 100.0 Å². The molecule has 3 fully saturated rings. The summed E-state index contributed by atoms with van der Waals surface area (Å²) in [4.78, 5) is 277. The summed E-state index contributed by atoms with van der Waals surface area (Å²) in [6.07, 6.45) is 0.241. The number of likely N-dealkylation sites (N-methyl/N-ethyl adjacent to an activating group) is 3. The highest BCUT2D eigenvalue weighted by Crippen LogP contribution is 2.30. The molecule has 46 heteroatoms. The average Bonchev–Trinajstić information content (AvgIpc) is 1.63. The second-order valence-corrected chi connectivity index (χ2v) is 39.0. The molecule has 6 aromatic rings. The third-order valence-corrected chi connectivity index (χ3v) is 27.1. The number of unbranched alkanes of at least 4 members (excludes halogenated alkanes) is 2. The molecular weight excluding hydrogens is 1890 g/mol. The van der Waals surface area contributed by atoms with Gasteiger partial charge in [-0.15, -0.1) is 11.8 Å². The first-order valence-electron chi connectivity index (χ1n) is 48.7. The lowest BCUT2D eigenvalue weighted by atomic mass is 9.79. The number of H-pyrrole nitrogens is 1. The minimum atomic E-state index is -2.12. The fourth-order valence-corrected chi connectivity index (χ4v) is 19.1. The lowest BCUT2D eigenvalue weighted by molar-refractivity contribution is -0.149. The molecule has 5 aliphatic heterocycles. The van der Waals surface area contributed by atoms with E-state index in [4.69, 9.17) is 21.9 Å². The number of halogens is 1. The molecule has 144 heavy (non-hydrogen) atoms. The van der Waals surface area contributed by atoms with E-state index in [1.54, 1.807) is 82.4 Å². The SMILES string of the molecule is CCCC[C@H]1C(=O)N(C)[C@@H](CCCC)C(=O)N[C@@H](CC(C)C)C(=O)N[C@H](C(=O)NCC(N)=O)CSCC(=O)N[C@@H](Cc2ccc(O)cc2)C(=O)N(C)[C@@H](C)C(=O)N[C@@H](CC(N)=O)C(=O)N2CCC[C@H]2C(=O)N[C@H]2CNCc3ccc(cc3F)B(O)OC(=O)Cn3cc(c4ccccc43)C[C@H](NC(=O)[C@H](CCN)NC(=O)[C@H](Cc3c[nH]c4ccccc34)NC(=O)[C@@H]3C[C@@H](O)CN3C(=O)[C@H](CC(C)C)NC2=O)C(=O)N1C. The number of carbonyl (C=O) groups is 18. The highest BCUT2D eigenvalue weighted by atomic mass is 32.2. The first kappa shape index (κ1) is 112. The Morgan fingerprint density at radius 2 is 1.22 bits per heavy atom. The molecule has 15 atom stereocenters. The van der Waals surface area contributed by atoms with Gasteiger partial charge in [-0.1, -0.05) is 128 Å². The van der Waals surface area contributed by atoms with Gasteiger partial charge in [0.15, 0.2) is 0 Å². The van der Waals surface area contributed by atoms with Crippen LogP contribution in [0.25, 0.3) is 21.8 Å². The summed E-state index contributed by atoms with van der Waals surface area (Å²) >= 11 is 0.777. The van der Waals surface area contributed by atoms with Crippen LogP contribution in [0.2, 0.25) is 0 Å². The fraction of sp³-hybridized carbons (Fsp3) is 0.531. The number of amides is 17. The number of nitrogens with two attached hydrogens (primary N) is 3. The molecule has 0 spiro atoms. The molecule has 7 heterocycles. The lowest BCUT2D eigenvalue weighted by Crippen LogP contribution is -2.62. The second-order valence-electron chi connectivity index (χ2n) is 38.0. The number of aliphatic hydroxyl groups is 1. The van der Waals surface area contributed by atoms with Gasteiger partial charge in [0.05, 0.1) is 24.8 Å². The Bertz CT molecular complexity index is 5650. The molecular formula is C98H135BFN21O22S. The van der Waals surface area contributed by atoms with Crippen molar-refractivity contribution in [2.45, 2.75) is 255 Å². The number of phenols is 1. The molecule has 5 aliphatic rings. The van der Waals surface area contributed by atoms with Crippen molar-refractivity contribution < 1.29 is 111 Å². The van der Waals surface area contributed by atoms with Crippen LogP contribution in [-0.4, -0.2) is 319 Å². The van der Waals surface area contributed by atoms with Crippen molar-refractivity contribution in [3.8, 4) is 5.75 Å². The van der Waals surface area contributed by atoms with Crippen LogP contribution in [0.15, 0.2) is 103 Å². The topological polar surface area (TPSA) is 624 Å². The van der Waals surface area contributed by atoms with Gasteiger partial charge in [-0.2, -0.15) is 0 Å². The molecule has 0 unspecified atom stereocenters. The van der Waals surface area contributed by atoms with Crippen molar-refractivity contribution in [2.75, 3.05) is 65.4 Å². The quantitative estimate of drug-likeness (QED) is 0.0343. The molecule has 780 valence electrons. The van der Waals surface area contributed by atoms with Crippen LogP contribution < -0.4 is 81.1 Å². The molecule has 21 N–H and O–H groups in total. The van der Waals surface area contributed by atoms with Gasteiger partial charge >= 0.3 is 13.1 Å². The highest BCUT2D eigenvalue weighted by Gasteiger charge is 2.47. The van der Waals surface area contributed by atoms with E-state index in [9.17, 15) is 53.6 Å². The molecule has 2 aromatic heterocycles. The minimum Gasteiger partial charge on any atom is -0.508 e. The number of phenolic OH excluding ortho intramolecular Hbond substituents is 1. The number of thioether (sulfide) groups is 1. The van der Waals surface area contributed by atoms with Gasteiger partial charge in [-0.25, -0.2) is 4.39 Å². The predicted octanol–water partition coefficient (Wildman–Crippen LogP) is -2.11. The van der Waals surface area contributed by atoms with Gasteiger partial charge in [-0.3, -0.25) is 86.3 Å². The summed E-state index contributed by atoms with van der Waals surface area (Å²) in [5, 5.41) is 64.3. The normalized spacial score (nSPS) is 24.8. The molecule has 11 rings (SSSR count). The molecule has 3 saturated heterocycles. The summed E-state index contributed by atoms with van der Waals surface area (Å²) < 4.78 is 23.7. The number of para-hydroxylation sites is 2. The van der Waals surface area contributed by atoms with E-state index >= 15 is 52.3 Å². The summed E-state index contributed by atoms with van der Waals surface area (Å²) in [5.41, 5.74) is 19.3. The number of nitrogens with one attached hydrogen (secondary N) is 12. The molecule has 0 aliphatic carbocycles. The van der Waals surface area contributed by atoms with Crippen molar-refractivity contribution >= 4 is 153 Å². The predicted molar refractivity (Wildman–Crippen MR) is 530 cm³/mol. The van der Waals surface area contributed by atoms with Crippen LogP contribution >= 0.6 is 11.8 Å². The Labute approximate surface area is 838 Å². The first-order valence-corrected chi connectivity index (χ1v) is 49.8. The first-order chi connectivity index (χ1) is 68.5. The number of carbonyl (C=O) groups excluding carboxylic acids is 18. The summed E-state index contributed by atoms with van der Waals surface area (Å²) in [5.74, 6) is -20.3. The number of aromatic hydroxyl groups is 1. The zero-order chi connectivity index (χ0) is 105. The maximum Gasteiger partial charge on any atom is 0.562 e. The number of fused-ring (bicyclic) bond motifs is 10. The molecule has 0 saturated carbocycles. The van der Waals surface area contributed by atoms with Crippen molar-refractivity contribution in [1.82, 2.24) is 92.5 Å². The van der Waals surface area contributed by atoms with Crippen LogP contribution in [0.3, 0.4) is 0 Å². The van der Waals surface area contributed by atoms with Crippen LogP contribution in [0, 0.1) is 17.7 Å². The molecule has 43 nitrogen and oxygen atoms in total. The van der Waals surface area contributed by atoms with Gasteiger partial charge in [0.1, 0.15) is 103 Å². The molecule has 6 bridgehead atoms. The molecule has 0 radical (unpaired) electrons. The number of primary amides is 2. The van der Waals surface area contributed by atoms with Crippen molar-refractivity contribution in [1.29, 1.82) is 0 Å². The largest absolute Gasteiger partial charge is 0.562 e. The van der Waals surface area contributed by atoms with Crippen molar-refractivity contribution in [3.63, 3.8) is 0 Å². The Kier molecular flexibility index (Phi) is 41.0. The number of nitrogens with zero attached hydrogens (tertiary/aromatic N) is 6. The van der Waals surface area contributed by atoms with Crippen LogP contribution in [-0.2, 0) is 123 Å². The Hall–Kier alpha value is -13.6. The van der Waals surface area contributed by atoms with E-state index in [0.29, 0.717) is 57.8 Å². The standard InChI is InChI=1S/C98H135BFN21O22S/c1-11-13-23-77-91(134)109-68(36-53(3)4)88(131)115-75(86(129)106-47-82(103)125)51-144-52-83(126)107-71(38-56-27-31-61(122)32-28-56)94(137)116(8)55(7)85(128)111-73(43-81(102)124)96(139)120-35-19-26-78(120)92(135)114-74-46-104-44-57-29-30-60(41-65(57)100)99(142)143-84(127)50-119-48-59(64-21-16-18-25-76(64)119)40-72(95(138)118(10)79(24-14-12-2)98(141)117(77)9)113-87(130)67(33-34-101)108-89(132)69(39-58-45-105-66-22-17-15-20-63(58)66)110-93(136)80-42-62(123)49-121(80)97(140)70(37-54(5)6)112-90(74)133/h15-18,20-22,25,27-32,41,45,48,53-55,62,67-75,77-80,104-105,122-123,142H,11-14,19,23-24,26,33-40,42-44,46-47,49-52,101H2,1-10H3,(H2,102,124)(H2,103,125)(H,106,129)(H,107,126)(H,108,132)(H,109,134)(H,110,136)(H,111,128)(H,112,133)(H,113,130)(H,114,135)(H,115,131)/t55-,62+,67-,68-,69-,70-,71-,72-,73-,74-,75-,77-,78-,79-,80-/m0/s1. The Balaban J connectivity index is 1.11. The minimum absolute atomic E-state index is 0.0216. The molecule has 17 amide bonds. The van der Waals surface area contributed by atoms with E-state index in [1.165, 1.54) is 75.2 Å². The third kappa shape index (κ3) is 30.3. The highest BCUT2D eigenvalue weighted by molar-refractivity contribution is 8.00. The number of aliphatic hydroxyl groups excluding tert-OH is 1. The molecule has 4 aromatic carbocycles. The van der Waals surface area contributed by atoms with Crippen LogP contribution in [0.5, 0.6) is 5.75 Å². The number of hydrogen-bond donors (Lipinski definition) is 18. The summed E-state index contributed by atoms with van der Waals surface area (Å²) in [6.45, 7) is 8.47. The second kappa shape index (κ2) is 52.6. The number of aromatic nitrogens is 2. The monoisotopic (exact) mass is 2020 g/mol. The van der Waals surface area contributed by atoms with Gasteiger partial charge in [0.2, 0.25) is 100 Å². The summed E-state index contributed by atoms with van der Waals surface area (Å²) in [6, 6.07) is 0.213. The number of aromatic amines is 1. The lowest BCUT2D eigenvalue weighted by Gasteiger charge is -2.36. The number of hydrogen-bond acceptors (Lipinski definition) is 25. The summed E-state index contributed by atoms with van der Waals surface area (Å²) in [7, 11) is 1.76.